The van der Waals surface area contributed by atoms with E-state index in [9.17, 15) is 9.59 Å². The molecule has 0 atom stereocenters. The number of benzene rings is 2. The third kappa shape index (κ3) is 4.51. The lowest BCUT2D eigenvalue weighted by Crippen LogP contribution is -2.44. The van der Waals surface area contributed by atoms with E-state index < -0.39 is 0 Å². The predicted octanol–water partition coefficient (Wildman–Crippen LogP) is 4.84. The molecule has 0 bridgehead atoms. The molecule has 2 amide bonds. The van der Waals surface area contributed by atoms with Gasteiger partial charge >= 0.3 is 0 Å². The molecule has 1 saturated heterocycles. The summed E-state index contributed by atoms with van der Waals surface area (Å²) in [6.45, 7) is 8.35. The molecule has 1 N–H and O–H groups in total. The van der Waals surface area contributed by atoms with E-state index in [4.69, 9.17) is 12.2 Å². The normalized spacial score (nSPS) is 16.0. The van der Waals surface area contributed by atoms with Gasteiger partial charge in [-0.3, -0.25) is 15.0 Å². The molecular weight excluding hydrogens is 388 g/mol. The number of thioether (sulfide) groups is 1. The summed E-state index contributed by atoms with van der Waals surface area (Å²) in [6, 6.07) is 15.2. The molecule has 2 aromatic rings. The van der Waals surface area contributed by atoms with Gasteiger partial charge in [0.1, 0.15) is 0 Å². The van der Waals surface area contributed by atoms with Crippen molar-refractivity contribution in [2.75, 3.05) is 0 Å². The van der Waals surface area contributed by atoms with E-state index in [1.807, 2.05) is 43.3 Å². The van der Waals surface area contributed by atoms with E-state index in [0.717, 1.165) is 21.7 Å². The molecule has 1 aliphatic heterocycles. The monoisotopic (exact) mass is 410 g/mol. The number of hydrazine groups is 1. The lowest BCUT2D eigenvalue weighted by atomic mass is 9.87. The molecule has 0 aromatic heterocycles. The molecule has 6 heteroatoms. The van der Waals surface area contributed by atoms with Crippen LogP contribution in [-0.4, -0.2) is 21.1 Å². The van der Waals surface area contributed by atoms with Crippen LogP contribution in [0.3, 0.4) is 0 Å². The lowest BCUT2D eigenvalue weighted by molar-refractivity contribution is -0.123. The molecule has 0 unspecified atom stereocenters. The molecule has 0 saturated carbocycles. The van der Waals surface area contributed by atoms with Crippen molar-refractivity contribution in [3.05, 3.63) is 75.7 Å². The maximum Gasteiger partial charge on any atom is 0.285 e. The van der Waals surface area contributed by atoms with Crippen molar-refractivity contribution < 1.29 is 9.59 Å². The maximum atomic E-state index is 12.7. The molecule has 144 valence electrons. The Morgan fingerprint density at radius 3 is 2.25 bits per heavy atom. The number of nitrogens with zero attached hydrogens (tertiary/aromatic N) is 1. The fourth-order valence-corrected chi connectivity index (χ4v) is 3.85. The summed E-state index contributed by atoms with van der Waals surface area (Å²) < 4.78 is 0.308. The minimum absolute atomic E-state index is 0.00774. The molecule has 0 spiro atoms. The maximum absolute atomic E-state index is 12.7. The van der Waals surface area contributed by atoms with Crippen molar-refractivity contribution in [3.8, 4) is 0 Å². The van der Waals surface area contributed by atoms with Crippen molar-refractivity contribution in [3.63, 3.8) is 0 Å². The highest BCUT2D eigenvalue weighted by molar-refractivity contribution is 8.26. The Bertz CT molecular complexity index is 956. The lowest BCUT2D eigenvalue weighted by Gasteiger charge is -2.19. The largest absolute Gasteiger partial charge is 0.285 e. The number of aryl methyl sites for hydroxylation is 1. The Morgan fingerprint density at radius 1 is 1.07 bits per heavy atom. The van der Waals surface area contributed by atoms with E-state index in [1.54, 1.807) is 18.2 Å². The predicted molar refractivity (Wildman–Crippen MR) is 119 cm³/mol. The summed E-state index contributed by atoms with van der Waals surface area (Å²) in [5, 5.41) is 1.14. The average molecular weight is 411 g/mol. The van der Waals surface area contributed by atoms with Gasteiger partial charge in [0.25, 0.3) is 11.8 Å². The second-order valence-electron chi connectivity index (χ2n) is 7.70. The molecular formula is C22H22N2O2S2. The van der Waals surface area contributed by atoms with Crippen LogP contribution in [0.5, 0.6) is 0 Å². The van der Waals surface area contributed by atoms with Crippen LogP contribution in [0.15, 0.2) is 53.4 Å². The number of nitrogens with one attached hydrogen (secondary N) is 1. The highest BCUT2D eigenvalue weighted by Crippen LogP contribution is 2.31. The van der Waals surface area contributed by atoms with Gasteiger partial charge in [0, 0.05) is 5.56 Å². The zero-order chi connectivity index (χ0) is 20.5. The molecule has 0 aliphatic carbocycles. The molecule has 1 aliphatic rings. The first-order valence-electron chi connectivity index (χ1n) is 8.91. The molecule has 3 rings (SSSR count). The summed E-state index contributed by atoms with van der Waals surface area (Å²) in [7, 11) is 0. The second kappa shape index (κ2) is 7.89. The third-order valence-electron chi connectivity index (χ3n) is 4.40. The first kappa shape index (κ1) is 20.3. The molecule has 4 nitrogen and oxygen atoms in total. The van der Waals surface area contributed by atoms with Gasteiger partial charge in [-0.2, -0.15) is 5.01 Å². The van der Waals surface area contributed by atoms with Crippen molar-refractivity contribution in [2.45, 2.75) is 33.1 Å². The van der Waals surface area contributed by atoms with E-state index in [-0.39, 0.29) is 17.2 Å². The van der Waals surface area contributed by atoms with Gasteiger partial charge in [0.15, 0.2) is 4.32 Å². The number of rotatable bonds is 3. The number of amides is 2. The molecule has 1 fully saturated rings. The van der Waals surface area contributed by atoms with Crippen LogP contribution in [0.2, 0.25) is 0 Å². The van der Waals surface area contributed by atoms with Crippen LogP contribution in [0.25, 0.3) is 6.08 Å². The van der Waals surface area contributed by atoms with Gasteiger partial charge in [-0.15, -0.1) is 0 Å². The number of carbonyl (C=O) groups excluding carboxylic acids is 2. The zero-order valence-corrected chi connectivity index (χ0v) is 17.9. The third-order valence-corrected chi connectivity index (χ3v) is 5.70. The van der Waals surface area contributed by atoms with Crippen molar-refractivity contribution in [1.82, 2.24) is 10.4 Å². The van der Waals surface area contributed by atoms with Gasteiger partial charge in [-0.1, -0.05) is 74.5 Å². The van der Waals surface area contributed by atoms with Gasteiger partial charge in [0.05, 0.1) is 4.91 Å². The Morgan fingerprint density at radius 2 is 1.68 bits per heavy atom. The van der Waals surface area contributed by atoms with Crippen LogP contribution < -0.4 is 5.43 Å². The van der Waals surface area contributed by atoms with Crippen molar-refractivity contribution >= 4 is 46.2 Å². The van der Waals surface area contributed by atoms with Crippen LogP contribution in [0.1, 0.15) is 47.8 Å². The summed E-state index contributed by atoms with van der Waals surface area (Å²) >= 11 is 6.46. The fraction of sp³-hybridized carbons (Fsp3) is 0.227. The van der Waals surface area contributed by atoms with Gasteiger partial charge in [0.2, 0.25) is 0 Å². The zero-order valence-electron chi connectivity index (χ0n) is 16.3. The highest BCUT2D eigenvalue weighted by Gasteiger charge is 2.33. The summed E-state index contributed by atoms with van der Waals surface area (Å²) in [5.74, 6) is -0.691. The van der Waals surface area contributed by atoms with E-state index in [0.29, 0.717) is 14.8 Å². The van der Waals surface area contributed by atoms with E-state index in [2.05, 4.69) is 26.2 Å². The Kier molecular flexibility index (Phi) is 5.72. The van der Waals surface area contributed by atoms with Crippen LogP contribution in [0.4, 0.5) is 0 Å². The van der Waals surface area contributed by atoms with Crippen molar-refractivity contribution in [1.29, 1.82) is 0 Å². The van der Waals surface area contributed by atoms with Gasteiger partial charge in [-0.05, 0) is 53.9 Å². The topological polar surface area (TPSA) is 49.4 Å². The minimum atomic E-state index is -0.367. The minimum Gasteiger partial charge on any atom is -0.267 e. The van der Waals surface area contributed by atoms with E-state index >= 15 is 0 Å². The molecule has 0 radical (unpaired) electrons. The fourth-order valence-electron chi connectivity index (χ4n) is 2.67. The average Bonchev–Trinajstić information content (AvgIpc) is 2.90. The second-order valence-corrected chi connectivity index (χ2v) is 9.37. The molecule has 1 heterocycles. The van der Waals surface area contributed by atoms with Crippen LogP contribution in [0, 0.1) is 6.92 Å². The summed E-state index contributed by atoms with van der Waals surface area (Å²) in [5.41, 5.74) is 6.30. The number of hydrogen-bond donors (Lipinski definition) is 1. The Hall–Kier alpha value is -2.44. The van der Waals surface area contributed by atoms with Gasteiger partial charge in [-0.25, -0.2) is 0 Å². The number of thiocarbonyl (C=S) groups is 1. The number of hydrogen-bond acceptors (Lipinski definition) is 4. The standard InChI is InChI=1S/C22H22N2O2S2/c1-14-5-7-15(8-6-14)13-18-20(26)24(21(27)28-18)23-19(25)16-9-11-17(12-10-16)22(2,3)4/h5-13H,1-4H3,(H,23,25). The van der Waals surface area contributed by atoms with Gasteiger partial charge < -0.3 is 0 Å². The Balaban J connectivity index is 1.73. The summed E-state index contributed by atoms with van der Waals surface area (Å²) in [6.07, 6.45) is 1.78. The van der Waals surface area contributed by atoms with Crippen LogP contribution >= 0.6 is 24.0 Å². The first-order chi connectivity index (χ1) is 13.1. The molecule has 2 aromatic carbocycles. The van der Waals surface area contributed by atoms with Crippen LogP contribution in [-0.2, 0) is 10.2 Å². The highest BCUT2D eigenvalue weighted by atomic mass is 32.2. The van der Waals surface area contributed by atoms with Crippen molar-refractivity contribution in [2.24, 2.45) is 0 Å². The first-order valence-corrected chi connectivity index (χ1v) is 10.1. The SMILES string of the molecule is Cc1ccc(C=C2SC(=S)N(NC(=O)c3ccc(C(C)(C)C)cc3)C2=O)cc1. The number of carbonyl (C=O) groups is 2. The van der Waals surface area contributed by atoms with E-state index in [1.165, 1.54) is 11.8 Å². The Labute approximate surface area is 175 Å². The smallest absolute Gasteiger partial charge is 0.267 e. The molecule has 28 heavy (non-hydrogen) atoms. The quantitative estimate of drug-likeness (QED) is 0.581. The summed E-state index contributed by atoms with van der Waals surface area (Å²) in [4.78, 5) is 25.7.